The molecule has 3 aromatic heterocycles. The Morgan fingerprint density at radius 1 is 1.07 bits per heavy atom. The highest BCUT2D eigenvalue weighted by Gasteiger charge is 2.17. The van der Waals surface area contributed by atoms with Crippen LogP contribution in [0.15, 0.2) is 64.0 Å². The minimum Gasteiger partial charge on any atom is -0.480 e. The maximum absolute atomic E-state index is 12.8. The molecular formula is C22H16BrN5O2. The monoisotopic (exact) mass is 461 g/mol. The van der Waals surface area contributed by atoms with Crippen molar-refractivity contribution in [1.29, 1.82) is 0 Å². The van der Waals surface area contributed by atoms with Crippen LogP contribution in [0, 0.1) is 6.92 Å². The number of nitrogens with zero attached hydrogens (tertiary/aromatic N) is 4. The van der Waals surface area contributed by atoms with Crippen LogP contribution in [-0.2, 0) is 0 Å². The first-order chi connectivity index (χ1) is 14.5. The number of rotatable bonds is 3. The highest BCUT2D eigenvalue weighted by molar-refractivity contribution is 9.10. The van der Waals surface area contributed by atoms with Gasteiger partial charge in [0.25, 0.3) is 5.56 Å². The van der Waals surface area contributed by atoms with E-state index in [0.29, 0.717) is 28.3 Å². The molecule has 0 saturated carbocycles. The number of nitrogens with one attached hydrogen (secondary N) is 1. The topological polar surface area (TPSA) is 85.7 Å². The Bertz CT molecular complexity index is 1470. The maximum Gasteiger partial charge on any atom is 0.262 e. The zero-order valence-corrected chi connectivity index (χ0v) is 17.8. The Morgan fingerprint density at radius 3 is 2.63 bits per heavy atom. The predicted molar refractivity (Wildman–Crippen MR) is 119 cm³/mol. The van der Waals surface area contributed by atoms with Crippen LogP contribution in [0.2, 0.25) is 0 Å². The molecule has 148 valence electrons. The lowest BCUT2D eigenvalue weighted by Gasteiger charge is -2.10. The molecule has 0 unspecified atom stereocenters. The number of pyridine rings is 1. The molecule has 7 nitrogen and oxygen atoms in total. The zero-order chi connectivity index (χ0) is 20.8. The summed E-state index contributed by atoms with van der Waals surface area (Å²) >= 11 is 3.43. The van der Waals surface area contributed by atoms with Crippen LogP contribution < -0.4 is 10.3 Å². The SMILES string of the molecule is COc1nc2cc(C)ccc2cc1-c1nc2c(cnn2-c2ccc(Br)cc2)c(=O)[nH]1. The normalized spacial score (nSPS) is 11.3. The number of aromatic nitrogens is 5. The number of aryl methyl sites for hydroxylation is 1. The van der Waals surface area contributed by atoms with Gasteiger partial charge in [-0.05, 0) is 48.9 Å². The Hall–Kier alpha value is -3.52. The van der Waals surface area contributed by atoms with Crippen molar-refractivity contribution in [3.63, 3.8) is 0 Å². The van der Waals surface area contributed by atoms with Gasteiger partial charge < -0.3 is 9.72 Å². The van der Waals surface area contributed by atoms with Gasteiger partial charge in [0, 0.05) is 9.86 Å². The van der Waals surface area contributed by atoms with E-state index in [1.54, 1.807) is 11.8 Å². The van der Waals surface area contributed by atoms with Crippen LogP contribution in [0.25, 0.3) is 39.0 Å². The second-order valence-electron chi connectivity index (χ2n) is 6.93. The minimum atomic E-state index is -0.274. The fraction of sp³-hybridized carbons (Fsp3) is 0.0909. The van der Waals surface area contributed by atoms with Gasteiger partial charge in [0.15, 0.2) is 5.65 Å². The molecule has 3 heterocycles. The Labute approximate surface area is 179 Å². The summed E-state index contributed by atoms with van der Waals surface area (Å²) in [5.41, 5.74) is 3.52. The van der Waals surface area contributed by atoms with E-state index >= 15 is 0 Å². The van der Waals surface area contributed by atoms with Crippen molar-refractivity contribution in [2.75, 3.05) is 7.11 Å². The van der Waals surface area contributed by atoms with Crippen molar-refractivity contribution < 1.29 is 4.74 Å². The van der Waals surface area contributed by atoms with E-state index in [2.05, 4.69) is 31.0 Å². The van der Waals surface area contributed by atoms with Crippen LogP contribution in [0.1, 0.15) is 5.56 Å². The standard InChI is InChI=1S/C22H16BrN5O2/c1-12-3-4-13-10-16(22(30-2)25-18(13)9-12)19-26-20-17(21(29)27-19)11-24-28(20)15-7-5-14(23)6-8-15/h3-11H,1-2H3,(H,26,27,29). The minimum absolute atomic E-state index is 0.274. The lowest BCUT2D eigenvalue weighted by Crippen LogP contribution is -2.11. The van der Waals surface area contributed by atoms with Gasteiger partial charge in [-0.2, -0.15) is 5.10 Å². The van der Waals surface area contributed by atoms with E-state index in [4.69, 9.17) is 9.72 Å². The van der Waals surface area contributed by atoms with Gasteiger partial charge in [-0.15, -0.1) is 0 Å². The summed E-state index contributed by atoms with van der Waals surface area (Å²) in [4.78, 5) is 24.9. The molecule has 0 aliphatic carbocycles. The Balaban J connectivity index is 1.75. The molecular weight excluding hydrogens is 446 g/mol. The molecule has 5 rings (SSSR count). The van der Waals surface area contributed by atoms with Gasteiger partial charge in [-0.1, -0.05) is 28.1 Å². The van der Waals surface area contributed by atoms with Crippen LogP contribution in [0.5, 0.6) is 5.88 Å². The number of methoxy groups -OCH3 is 1. The van der Waals surface area contributed by atoms with Crippen molar-refractivity contribution in [3.8, 4) is 23.0 Å². The summed E-state index contributed by atoms with van der Waals surface area (Å²) in [7, 11) is 1.55. The van der Waals surface area contributed by atoms with E-state index in [9.17, 15) is 4.79 Å². The molecule has 0 aliphatic rings. The first kappa shape index (κ1) is 18.5. The first-order valence-electron chi connectivity index (χ1n) is 9.23. The average Bonchev–Trinajstić information content (AvgIpc) is 3.18. The van der Waals surface area contributed by atoms with Gasteiger partial charge in [-0.25, -0.2) is 14.6 Å². The molecule has 0 radical (unpaired) electrons. The van der Waals surface area contributed by atoms with Gasteiger partial charge in [0.1, 0.15) is 11.2 Å². The molecule has 1 N–H and O–H groups in total. The van der Waals surface area contributed by atoms with Crippen LogP contribution in [0.3, 0.4) is 0 Å². The quantitative estimate of drug-likeness (QED) is 0.430. The third kappa shape index (κ3) is 3.05. The van der Waals surface area contributed by atoms with E-state index in [1.807, 2.05) is 55.5 Å². The fourth-order valence-electron chi connectivity index (χ4n) is 3.40. The lowest BCUT2D eigenvalue weighted by molar-refractivity contribution is 0.401. The zero-order valence-electron chi connectivity index (χ0n) is 16.2. The third-order valence-corrected chi connectivity index (χ3v) is 5.42. The number of H-pyrrole nitrogens is 1. The smallest absolute Gasteiger partial charge is 0.262 e. The number of hydrogen-bond donors (Lipinski definition) is 1. The van der Waals surface area contributed by atoms with E-state index < -0.39 is 0 Å². The van der Waals surface area contributed by atoms with Crippen LogP contribution in [-0.4, -0.2) is 31.8 Å². The van der Waals surface area contributed by atoms with Gasteiger partial charge in [-0.3, -0.25) is 4.79 Å². The molecule has 30 heavy (non-hydrogen) atoms. The molecule has 0 fully saturated rings. The van der Waals surface area contributed by atoms with Crippen molar-refractivity contribution >= 4 is 37.9 Å². The van der Waals surface area contributed by atoms with Gasteiger partial charge in [0.2, 0.25) is 5.88 Å². The average molecular weight is 462 g/mol. The highest BCUT2D eigenvalue weighted by Crippen LogP contribution is 2.30. The number of fused-ring (bicyclic) bond motifs is 2. The third-order valence-electron chi connectivity index (χ3n) is 4.90. The Morgan fingerprint density at radius 2 is 1.87 bits per heavy atom. The number of hydrogen-bond acceptors (Lipinski definition) is 5. The van der Waals surface area contributed by atoms with Crippen molar-refractivity contribution in [3.05, 3.63) is 75.1 Å². The second-order valence-corrected chi connectivity index (χ2v) is 7.84. The lowest BCUT2D eigenvalue weighted by atomic mass is 10.1. The molecule has 0 bridgehead atoms. The predicted octanol–water partition coefficient (Wildman–Crippen LogP) is 4.40. The molecule has 0 aliphatic heterocycles. The molecule has 0 amide bonds. The molecule has 2 aromatic carbocycles. The van der Waals surface area contributed by atoms with Crippen LogP contribution >= 0.6 is 15.9 Å². The van der Waals surface area contributed by atoms with Crippen molar-refractivity contribution in [2.45, 2.75) is 6.92 Å². The Kier molecular flexibility index (Phi) is 4.36. The summed E-state index contributed by atoms with van der Waals surface area (Å²) < 4.78 is 8.11. The number of ether oxygens (including phenoxy) is 1. The number of halogens is 1. The second kappa shape index (κ2) is 7.07. The first-order valence-corrected chi connectivity index (χ1v) is 10.0. The molecule has 5 aromatic rings. The summed E-state index contributed by atoms with van der Waals surface area (Å²) in [5, 5.41) is 5.70. The summed E-state index contributed by atoms with van der Waals surface area (Å²) in [6.45, 7) is 2.01. The summed E-state index contributed by atoms with van der Waals surface area (Å²) in [6.07, 6.45) is 1.52. The molecule has 8 heteroatoms. The maximum atomic E-state index is 12.8. The molecule has 0 saturated heterocycles. The van der Waals surface area contributed by atoms with Crippen molar-refractivity contribution in [2.24, 2.45) is 0 Å². The van der Waals surface area contributed by atoms with Crippen molar-refractivity contribution in [1.82, 2.24) is 24.7 Å². The van der Waals surface area contributed by atoms with Gasteiger partial charge >= 0.3 is 0 Å². The summed E-state index contributed by atoms with van der Waals surface area (Å²) in [5.74, 6) is 0.767. The molecule has 0 spiro atoms. The largest absolute Gasteiger partial charge is 0.480 e. The fourth-order valence-corrected chi connectivity index (χ4v) is 3.67. The highest BCUT2D eigenvalue weighted by atomic mass is 79.9. The van der Waals surface area contributed by atoms with E-state index in [0.717, 1.165) is 26.6 Å². The number of benzene rings is 2. The van der Waals surface area contributed by atoms with Crippen LogP contribution in [0.4, 0.5) is 0 Å². The van der Waals surface area contributed by atoms with E-state index in [1.165, 1.54) is 6.20 Å². The number of aromatic amines is 1. The van der Waals surface area contributed by atoms with E-state index in [-0.39, 0.29) is 5.56 Å². The molecule has 0 atom stereocenters. The summed E-state index contributed by atoms with van der Waals surface area (Å²) in [6, 6.07) is 15.5. The van der Waals surface area contributed by atoms with Gasteiger partial charge in [0.05, 0.1) is 30.1 Å².